The predicted molar refractivity (Wildman–Crippen MR) is 363 cm³/mol. The lowest BCUT2D eigenvalue weighted by atomic mass is 10.0. The first-order valence-corrected chi connectivity index (χ1v) is 37.8. The Morgan fingerprint density at radius 2 is 0.398 bits per heavy atom. The molecule has 83 heavy (non-hydrogen) atoms. The third-order valence-corrected chi connectivity index (χ3v) is 17.4. The maximum Gasteiger partial charge on any atom is 0.306 e. The lowest BCUT2D eigenvalue weighted by molar-refractivity contribution is -0.167. The Hall–Kier alpha value is -2.11. The normalized spacial score (nSPS) is 12.1. The van der Waals surface area contributed by atoms with Crippen molar-refractivity contribution in [1.29, 1.82) is 0 Å². The molecule has 0 N–H and O–H groups in total. The van der Waals surface area contributed by atoms with Crippen LogP contribution in [0, 0.1) is 0 Å². The van der Waals surface area contributed by atoms with E-state index in [-0.39, 0.29) is 31.1 Å². The van der Waals surface area contributed by atoms with Gasteiger partial charge in [0.1, 0.15) is 13.2 Å². The van der Waals surface area contributed by atoms with Gasteiger partial charge in [-0.05, 0) is 70.6 Å². The van der Waals surface area contributed by atoms with Crippen LogP contribution < -0.4 is 0 Å². The lowest BCUT2D eigenvalue weighted by Gasteiger charge is -2.18. The fraction of sp³-hybridized carbons (Fsp3) is 0.909. The molecule has 0 aliphatic heterocycles. The fourth-order valence-corrected chi connectivity index (χ4v) is 11.7. The van der Waals surface area contributed by atoms with Crippen LogP contribution in [0.2, 0.25) is 0 Å². The van der Waals surface area contributed by atoms with Crippen LogP contribution in [0.5, 0.6) is 0 Å². The first kappa shape index (κ1) is 80.9. The van der Waals surface area contributed by atoms with Crippen LogP contribution in [-0.4, -0.2) is 37.2 Å². The Bertz CT molecular complexity index is 1340. The average Bonchev–Trinajstić information content (AvgIpc) is 3.50. The highest BCUT2D eigenvalue weighted by atomic mass is 16.6. The quantitative estimate of drug-likeness (QED) is 0.0261. The molecule has 0 spiro atoms. The summed E-state index contributed by atoms with van der Waals surface area (Å²) in [5, 5.41) is 0. The molecule has 6 heteroatoms. The molecule has 0 rings (SSSR count). The maximum absolute atomic E-state index is 13.0. The zero-order chi connectivity index (χ0) is 59.9. The molecule has 0 saturated heterocycles. The molecule has 6 nitrogen and oxygen atoms in total. The summed E-state index contributed by atoms with van der Waals surface area (Å²) in [6.45, 7) is 6.72. The van der Waals surface area contributed by atoms with Crippen molar-refractivity contribution in [3.05, 3.63) is 24.3 Å². The minimum atomic E-state index is -0.772. The largest absolute Gasteiger partial charge is 0.462 e. The van der Waals surface area contributed by atoms with Gasteiger partial charge in [-0.25, -0.2) is 0 Å². The van der Waals surface area contributed by atoms with Crippen LogP contribution >= 0.6 is 0 Å². The number of ether oxygens (including phenoxy) is 3. The Balaban J connectivity index is 4.25. The highest BCUT2D eigenvalue weighted by Crippen LogP contribution is 2.19. The van der Waals surface area contributed by atoms with Crippen molar-refractivity contribution in [1.82, 2.24) is 0 Å². The van der Waals surface area contributed by atoms with Gasteiger partial charge >= 0.3 is 17.9 Å². The van der Waals surface area contributed by atoms with E-state index in [1.165, 1.54) is 334 Å². The minimum Gasteiger partial charge on any atom is -0.462 e. The van der Waals surface area contributed by atoms with Crippen LogP contribution in [0.25, 0.3) is 0 Å². The average molecular weight is 1170 g/mol. The molecular formula is C77H146O6. The molecule has 0 aromatic rings. The zero-order valence-electron chi connectivity index (χ0n) is 56.5. The van der Waals surface area contributed by atoms with Gasteiger partial charge in [0.15, 0.2) is 6.10 Å². The summed E-state index contributed by atoms with van der Waals surface area (Å²) in [6, 6.07) is 0. The van der Waals surface area contributed by atoms with Gasteiger partial charge in [0.2, 0.25) is 0 Å². The molecule has 0 amide bonds. The standard InChI is InChI=1S/C77H146O6/c1-4-7-10-13-16-19-22-25-28-31-34-35-36-37-38-39-40-41-44-46-49-52-55-58-61-64-67-70-76(79)82-73-74(83-77(80)71-68-65-62-59-56-53-50-47-43-33-30-27-24-21-18-15-12-9-6-3)72-81-75(78)69-66-63-60-57-54-51-48-45-42-32-29-26-23-20-17-14-11-8-5-2/h26-27,29-30,74H,4-25,28,31-73H2,1-3H3/b29-26-,30-27-. The molecule has 0 fully saturated rings. The molecule has 0 saturated carbocycles. The van der Waals surface area contributed by atoms with E-state index >= 15 is 0 Å². The van der Waals surface area contributed by atoms with E-state index in [1.54, 1.807) is 0 Å². The SMILES string of the molecule is CCCCCCCC/C=C\CCCCCCCCCCCC(=O)OCC(COC(=O)CCCCCCCCCCCCCCCCCCCCCCCCCCCCC)OC(=O)CCCCCCCCCCC/C=C\CCCCCCCC. The molecule has 0 aliphatic rings. The Morgan fingerprint density at radius 3 is 0.602 bits per heavy atom. The third-order valence-electron chi connectivity index (χ3n) is 17.4. The number of esters is 3. The molecule has 0 aliphatic carbocycles. The van der Waals surface area contributed by atoms with Crippen LogP contribution in [0.4, 0.5) is 0 Å². The summed E-state index contributed by atoms with van der Waals surface area (Å²) in [4.78, 5) is 38.5. The summed E-state index contributed by atoms with van der Waals surface area (Å²) in [5.74, 6) is -0.835. The van der Waals surface area contributed by atoms with Crippen molar-refractivity contribution in [2.45, 2.75) is 438 Å². The van der Waals surface area contributed by atoms with E-state index in [9.17, 15) is 14.4 Å². The second kappa shape index (κ2) is 72.4. The van der Waals surface area contributed by atoms with Gasteiger partial charge in [-0.3, -0.25) is 14.4 Å². The number of hydrogen-bond acceptors (Lipinski definition) is 6. The first-order chi connectivity index (χ1) is 41.0. The minimum absolute atomic E-state index is 0.0667. The van der Waals surface area contributed by atoms with E-state index in [1.807, 2.05) is 0 Å². The van der Waals surface area contributed by atoms with Crippen molar-refractivity contribution in [2.75, 3.05) is 13.2 Å². The second-order valence-corrected chi connectivity index (χ2v) is 25.9. The van der Waals surface area contributed by atoms with Crippen LogP contribution in [0.15, 0.2) is 24.3 Å². The van der Waals surface area contributed by atoms with Crippen molar-refractivity contribution in [3.63, 3.8) is 0 Å². The Morgan fingerprint density at radius 1 is 0.229 bits per heavy atom. The molecule has 0 radical (unpaired) electrons. The van der Waals surface area contributed by atoms with Gasteiger partial charge in [-0.1, -0.05) is 366 Å². The summed E-state index contributed by atoms with van der Waals surface area (Å²) in [7, 11) is 0. The van der Waals surface area contributed by atoms with Crippen molar-refractivity contribution < 1.29 is 28.6 Å². The van der Waals surface area contributed by atoms with Gasteiger partial charge in [-0.15, -0.1) is 0 Å². The number of unbranched alkanes of at least 4 members (excludes halogenated alkanes) is 56. The molecular weight excluding hydrogens is 1020 g/mol. The Kier molecular flexibility index (Phi) is 70.5. The van der Waals surface area contributed by atoms with Crippen molar-refractivity contribution >= 4 is 17.9 Å². The van der Waals surface area contributed by atoms with E-state index in [2.05, 4.69) is 45.1 Å². The summed E-state index contributed by atoms with van der Waals surface area (Å²) in [6.07, 6.45) is 89.3. The predicted octanol–water partition coefficient (Wildman–Crippen LogP) is 26.1. The number of hydrogen-bond donors (Lipinski definition) is 0. The number of rotatable bonds is 71. The Labute approximate surface area is 519 Å². The smallest absolute Gasteiger partial charge is 0.306 e. The van der Waals surface area contributed by atoms with E-state index in [0.717, 1.165) is 57.8 Å². The van der Waals surface area contributed by atoms with Crippen LogP contribution in [-0.2, 0) is 28.6 Å². The van der Waals surface area contributed by atoms with Crippen LogP contribution in [0.3, 0.4) is 0 Å². The van der Waals surface area contributed by atoms with Gasteiger partial charge < -0.3 is 14.2 Å². The molecule has 0 heterocycles. The summed E-state index contributed by atoms with van der Waals surface area (Å²) in [5.41, 5.74) is 0. The second-order valence-electron chi connectivity index (χ2n) is 25.9. The van der Waals surface area contributed by atoms with E-state index in [4.69, 9.17) is 14.2 Å². The monoisotopic (exact) mass is 1170 g/mol. The topological polar surface area (TPSA) is 78.9 Å². The van der Waals surface area contributed by atoms with Gasteiger partial charge in [-0.2, -0.15) is 0 Å². The number of carbonyl (C=O) groups is 3. The van der Waals surface area contributed by atoms with E-state index in [0.29, 0.717) is 19.3 Å². The van der Waals surface area contributed by atoms with E-state index < -0.39 is 6.10 Å². The first-order valence-electron chi connectivity index (χ1n) is 37.8. The van der Waals surface area contributed by atoms with Crippen molar-refractivity contribution in [3.8, 4) is 0 Å². The summed E-state index contributed by atoms with van der Waals surface area (Å²) < 4.78 is 17.0. The van der Waals surface area contributed by atoms with Gasteiger partial charge in [0, 0.05) is 19.3 Å². The molecule has 0 aromatic carbocycles. The van der Waals surface area contributed by atoms with Crippen LogP contribution in [0.1, 0.15) is 432 Å². The maximum atomic E-state index is 13.0. The van der Waals surface area contributed by atoms with Gasteiger partial charge in [0.05, 0.1) is 0 Å². The molecule has 0 aromatic heterocycles. The molecule has 1 atom stereocenters. The van der Waals surface area contributed by atoms with Crippen molar-refractivity contribution in [2.24, 2.45) is 0 Å². The fourth-order valence-electron chi connectivity index (χ4n) is 11.7. The molecule has 1 unspecified atom stereocenters. The highest BCUT2D eigenvalue weighted by Gasteiger charge is 2.20. The molecule has 0 bridgehead atoms. The lowest BCUT2D eigenvalue weighted by Crippen LogP contribution is -2.30. The molecule has 490 valence electrons. The zero-order valence-corrected chi connectivity index (χ0v) is 56.5. The van der Waals surface area contributed by atoms with Gasteiger partial charge in [0.25, 0.3) is 0 Å². The highest BCUT2D eigenvalue weighted by molar-refractivity contribution is 5.71. The summed E-state index contributed by atoms with van der Waals surface area (Å²) >= 11 is 0. The third kappa shape index (κ3) is 70.5. The number of carbonyl (C=O) groups excluding carboxylic acids is 3. The number of allylic oxidation sites excluding steroid dienone is 4.